The third-order valence-electron chi connectivity index (χ3n) is 1.54. The van der Waals surface area contributed by atoms with E-state index < -0.39 is 6.17 Å². The lowest BCUT2D eigenvalue weighted by molar-refractivity contribution is 0.370. The molecule has 1 atom stereocenters. The van der Waals surface area contributed by atoms with E-state index in [9.17, 15) is 4.39 Å². The van der Waals surface area contributed by atoms with Crippen molar-refractivity contribution in [3.63, 3.8) is 0 Å². The molecule has 0 saturated carbocycles. The SMILES string of the molecule is Cc1ncc([C@H](C)F)cc1O. The van der Waals surface area contributed by atoms with Gasteiger partial charge in [-0.05, 0) is 19.9 Å². The third-order valence-corrected chi connectivity index (χ3v) is 1.54. The monoisotopic (exact) mass is 155 g/mol. The number of nitrogens with zero attached hydrogens (tertiary/aromatic N) is 1. The number of alkyl halides is 1. The molecule has 0 amide bonds. The molecule has 0 aliphatic heterocycles. The Hall–Kier alpha value is -1.12. The van der Waals surface area contributed by atoms with Gasteiger partial charge < -0.3 is 5.11 Å². The van der Waals surface area contributed by atoms with Gasteiger partial charge in [-0.3, -0.25) is 4.98 Å². The number of aromatic hydroxyl groups is 1. The molecule has 0 unspecified atom stereocenters. The summed E-state index contributed by atoms with van der Waals surface area (Å²) < 4.78 is 12.6. The van der Waals surface area contributed by atoms with Gasteiger partial charge >= 0.3 is 0 Å². The first kappa shape index (κ1) is 7.98. The zero-order chi connectivity index (χ0) is 8.43. The van der Waals surface area contributed by atoms with Gasteiger partial charge in [0.15, 0.2) is 0 Å². The highest BCUT2D eigenvalue weighted by molar-refractivity contribution is 5.29. The normalized spacial score (nSPS) is 13.0. The van der Waals surface area contributed by atoms with Crippen molar-refractivity contribution >= 4 is 0 Å². The molecular formula is C8H10FNO. The van der Waals surface area contributed by atoms with Crippen molar-refractivity contribution < 1.29 is 9.50 Å². The zero-order valence-electron chi connectivity index (χ0n) is 6.50. The predicted molar refractivity (Wildman–Crippen MR) is 40.2 cm³/mol. The van der Waals surface area contributed by atoms with Crippen molar-refractivity contribution in [3.05, 3.63) is 23.5 Å². The smallest absolute Gasteiger partial charge is 0.137 e. The fourth-order valence-electron chi connectivity index (χ4n) is 0.755. The number of rotatable bonds is 1. The quantitative estimate of drug-likeness (QED) is 0.673. The summed E-state index contributed by atoms with van der Waals surface area (Å²) >= 11 is 0. The van der Waals surface area contributed by atoms with Crippen LogP contribution in [0.1, 0.15) is 24.4 Å². The summed E-state index contributed by atoms with van der Waals surface area (Å²) in [6, 6.07) is 1.40. The van der Waals surface area contributed by atoms with E-state index in [4.69, 9.17) is 5.11 Å². The number of hydrogen-bond donors (Lipinski definition) is 1. The molecule has 0 saturated heterocycles. The highest BCUT2D eigenvalue weighted by atomic mass is 19.1. The summed E-state index contributed by atoms with van der Waals surface area (Å²) in [5, 5.41) is 9.12. The van der Waals surface area contributed by atoms with Gasteiger partial charge in [0.1, 0.15) is 11.9 Å². The van der Waals surface area contributed by atoms with Gasteiger partial charge in [0.05, 0.1) is 5.69 Å². The molecule has 0 aromatic carbocycles. The minimum Gasteiger partial charge on any atom is -0.506 e. The van der Waals surface area contributed by atoms with E-state index in [1.54, 1.807) is 6.92 Å². The van der Waals surface area contributed by atoms with E-state index >= 15 is 0 Å². The molecule has 60 valence electrons. The summed E-state index contributed by atoms with van der Waals surface area (Å²) in [4.78, 5) is 3.81. The molecule has 1 aromatic heterocycles. The van der Waals surface area contributed by atoms with Crippen LogP contribution in [-0.2, 0) is 0 Å². The molecule has 0 bridgehead atoms. The molecule has 1 rings (SSSR count). The Morgan fingerprint density at radius 3 is 2.73 bits per heavy atom. The molecule has 1 heterocycles. The number of aryl methyl sites for hydroxylation is 1. The van der Waals surface area contributed by atoms with Crippen molar-refractivity contribution in [2.75, 3.05) is 0 Å². The molecular weight excluding hydrogens is 145 g/mol. The Morgan fingerprint density at radius 1 is 1.64 bits per heavy atom. The lowest BCUT2D eigenvalue weighted by Gasteiger charge is -2.02. The van der Waals surface area contributed by atoms with Crippen LogP contribution < -0.4 is 0 Å². The van der Waals surface area contributed by atoms with Gasteiger partial charge in [-0.1, -0.05) is 0 Å². The van der Waals surface area contributed by atoms with E-state index in [-0.39, 0.29) is 5.75 Å². The standard InChI is InChI=1S/C8H10FNO/c1-5(9)7-3-8(11)6(2)10-4-7/h3-5,11H,1-2H3/t5-/m0/s1. The maximum Gasteiger partial charge on any atom is 0.137 e. The average Bonchev–Trinajstić information content (AvgIpc) is 1.94. The van der Waals surface area contributed by atoms with Crippen molar-refractivity contribution in [1.29, 1.82) is 0 Å². The van der Waals surface area contributed by atoms with E-state index in [1.807, 2.05) is 0 Å². The highest BCUT2D eigenvalue weighted by Crippen LogP contribution is 2.21. The highest BCUT2D eigenvalue weighted by Gasteiger charge is 2.05. The Bertz CT molecular complexity index is 260. The lowest BCUT2D eigenvalue weighted by Crippen LogP contribution is -1.89. The molecule has 0 aliphatic rings. The van der Waals surface area contributed by atoms with E-state index in [0.717, 1.165) is 0 Å². The number of aromatic nitrogens is 1. The third kappa shape index (κ3) is 1.67. The first-order chi connectivity index (χ1) is 5.11. The molecule has 0 spiro atoms. The summed E-state index contributed by atoms with van der Waals surface area (Å²) in [7, 11) is 0. The molecule has 1 aromatic rings. The summed E-state index contributed by atoms with van der Waals surface area (Å²) in [5.74, 6) is 0.0481. The molecule has 0 fully saturated rings. The van der Waals surface area contributed by atoms with Crippen LogP contribution in [0, 0.1) is 6.92 Å². The van der Waals surface area contributed by atoms with Crippen LogP contribution in [0.3, 0.4) is 0 Å². The number of pyridine rings is 1. The molecule has 1 N–H and O–H groups in total. The van der Waals surface area contributed by atoms with Crippen LogP contribution >= 0.6 is 0 Å². The van der Waals surface area contributed by atoms with Gasteiger partial charge in [-0.2, -0.15) is 0 Å². The van der Waals surface area contributed by atoms with Crippen molar-refractivity contribution in [2.45, 2.75) is 20.0 Å². The summed E-state index contributed by atoms with van der Waals surface area (Å²) in [5.41, 5.74) is 0.933. The summed E-state index contributed by atoms with van der Waals surface area (Å²) in [6.45, 7) is 3.08. The van der Waals surface area contributed by atoms with Crippen LogP contribution in [-0.4, -0.2) is 10.1 Å². The van der Waals surface area contributed by atoms with Crippen molar-refractivity contribution in [2.24, 2.45) is 0 Å². The van der Waals surface area contributed by atoms with Gasteiger partial charge in [-0.25, -0.2) is 4.39 Å². The minimum absolute atomic E-state index is 0.0481. The van der Waals surface area contributed by atoms with Gasteiger partial charge in [-0.15, -0.1) is 0 Å². The molecule has 0 aliphatic carbocycles. The van der Waals surface area contributed by atoms with Gasteiger partial charge in [0.25, 0.3) is 0 Å². The maximum absolute atomic E-state index is 12.6. The zero-order valence-corrected chi connectivity index (χ0v) is 6.50. The first-order valence-electron chi connectivity index (χ1n) is 3.41. The Balaban J connectivity index is 3.05. The van der Waals surface area contributed by atoms with Crippen LogP contribution in [0.15, 0.2) is 12.3 Å². The Labute approximate surface area is 64.7 Å². The van der Waals surface area contributed by atoms with Gasteiger partial charge in [0, 0.05) is 11.8 Å². The van der Waals surface area contributed by atoms with E-state index in [0.29, 0.717) is 11.3 Å². The molecule has 2 nitrogen and oxygen atoms in total. The van der Waals surface area contributed by atoms with Crippen molar-refractivity contribution in [3.8, 4) is 5.75 Å². The fraction of sp³-hybridized carbons (Fsp3) is 0.375. The molecule has 3 heteroatoms. The lowest BCUT2D eigenvalue weighted by atomic mass is 10.2. The van der Waals surface area contributed by atoms with Crippen LogP contribution in [0.2, 0.25) is 0 Å². The van der Waals surface area contributed by atoms with Crippen LogP contribution in [0.4, 0.5) is 4.39 Å². The van der Waals surface area contributed by atoms with Crippen LogP contribution in [0.5, 0.6) is 5.75 Å². The number of halogens is 1. The maximum atomic E-state index is 12.6. The molecule has 0 radical (unpaired) electrons. The Morgan fingerprint density at radius 2 is 2.27 bits per heavy atom. The molecule has 11 heavy (non-hydrogen) atoms. The summed E-state index contributed by atoms with van der Waals surface area (Å²) in [6.07, 6.45) is 0.355. The predicted octanol–water partition coefficient (Wildman–Crippen LogP) is 2.13. The largest absolute Gasteiger partial charge is 0.506 e. The fourth-order valence-corrected chi connectivity index (χ4v) is 0.755. The second-order valence-corrected chi connectivity index (χ2v) is 2.49. The van der Waals surface area contributed by atoms with Crippen LogP contribution in [0.25, 0.3) is 0 Å². The number of hydrogen-bond acceptors (Lipinski definition) is 2. The second kappa shape index (κ2) is 2.86. The second-order valence-electron chi connectivity index (χ2n) is 2.49. The topological polar surface area (TPSA) is 33.1 Å². The Kier molecular flexibility index (Phi) is 2.08. The van der Waals surface area contributed by atoms with E-state index in [2.05, 4.69) is 4.98 Å². The van der Waals surface area contributed by atoms with Crippen molar-refractivity contribution in [1.82, 2.24) is 4.98 Å². The van der Waals surface area contributed by atoms with E-state index in [1.165, 1.54) is 19.2 Å². The first-order valence-corrected chi connectivity index (χ1v) is 3.41. The average molecular weight is 155 g/mol. The van der Waals surface area contributed by atoms with Gasteiger partial charge in [0.2, 0.25) is 0 Å². The minimum atomic E-state index is -1.08.